The molecule has 0 saturated carbocycles. The fraction of sp³-hybridized carbons (Fsp3) is 0.917. The van der Waals surface area contributed by atoms with Gasteiger partial charge in [0.05, 0.1) is 0 Å². The zero-order chi connectivity index (χ0) is 12.9. The van der Waals surface area contributed by atoms with Gasteiger partial charge >= 0.3 is 48.8 Å². The molecule has 5 nitrogen and oxygen atoms in total. The van der Waals surface area contributed by atoms with Crippen molar-refractivity contribution >= 4 is 43.7 Å². The van der Waals surface area contributed by atoms with Gasteiger partial charge in [-0.1, -0.05) is 58.3 Å². The molecule has 0 amide bonds. The van der Waals surface area contributed by atoms with E-state index in [1.165, 1.54) is 38.5 Å². The summed E-state index contributed by atoms with van der Waals surface area (Å²) in [5, 5.41) is 8.79. The molecule has 0 rings (SSSR count). The molecule has 0 radical (unpaired) electrons. The number of unbranched alkanes of at least 4 members (excludes halogenated alkanes) is 8. The minimum Gasteiger partial charge on any atom is -1.00 e. The van der Waals surface area contributed by atoms with Crippen LogP contribution in [0.5, 0.6) is 0 Å². The van der Waals surface area contributed by atoms with Crippen LogP contribution in [0, 0.1) is 10.1 Å². The van der Waals surface area contributed by atoms with Crippen molar-refractivity contribution in [1.29, 1.82) is 0 Å². The zero-order valence-electron chi connectivity index (χ0n) is 13.4. The average Bonchev–Trinajstić information content (AvgIpc) is 2.26. The molecule has 0 aliphatic heterocycles. The monoisotopic (exact) mass is 287 g/mol. The second kappa shape index (κ2) is 15.2. The van der Waals surface area contributed by atoms with E-state index in [2.05, 4.69) is 11.8 Å². The summed E-state index contributed by atoms with van der Waals surface area (Å²) in [5.41, 5.74) is 0. The van der Waals surface area contributed by atoms with Crippen molar-refractivity contribution in [3.8, 4) is 0 Å². The normalized spacial score (nSPS) is 9.61. The van der Waals surface area contributed by atoms with Crippen LogP contribution in [0.1, 0.15) is 74.0 Å². The van der Waals surface area contributed by atoms with Gasteiger partial charge in [0, 0.05) is 6.42 Å². The summed E-state index contributed by atoms with van der Waals surface area (Å²) in [6.45, 7) is 2.20. The summed E-state index contributed by atoms with van der Waals surface area (Å²) in [4.78, 5) is 24.4. The van der Waals surface area contributed by atoms with Gasteiger partial charge in [-0.3, -0.25) is 4.79 Å². The van der Waals surface area contributed by atoms with Crippen LogP contribution in [0.3, 0.4) is 0 Å². The topological polar surface area (TPSA) is 69.4 Å². The molecule has 0 fully saturated rings. The van der Waals surface area contributed by atoms with Gasteiger partial charge in [0.25, 0.3) is 0 Å². The van der Waals surface area contributed by atoms with E-state index in [0.29, 0.717) is 6.42 Å². The number of carbonyl (C=O) groups is 1. The largest absolute Gasteiger partial charge is 2.00 e. The number of nitrogens with zero attached hydrogens (tertiary/aromatic N) is 1. The first kappa shape index (κ1) is 20.4. The Kier molecular flexibility index (Phi) is 17.3. The Hall–Kier alpha value is 0.130. The fourth-order valence-electron chi connectivity index (χ4n) is 1.71. The molecular formula is C12H25CaNO4. The van der Waals surface area contributed by atoms with Gasteiger partial charge in [-0.25, -0.2) is 4.84 Å². The van der Waals surface area contributed by atoms with E-state index in [-0.39, 0.29) is 47.0 Å². The SMILES string of the molecule is CCCCCCCCCCCC(=O)O[N+](=O)[O-].[Ca+2].[H-].[H-]. The molecule has 104 valence electrons. The summed E-state index contributed by atoms with van der Waals surface area (Å²) in [7, 11) is 0. The number of hydrogen-bond donors (Lipinski definition) is 0. The van der Waals surface area contributed by atoms with Gasteiger partial charge < -0.3 is 2.85 Å². The second-order valence-electron chi connectivity index (χ2n) is 4.27. The third-order valence-corrected chi connectivity index (χ3v) is 2.66. The van der Waals surface area contributed by atoms with Crippen molar-refractivity contribution in [1.82, 2.24) is 0 Å². The molecule has 0 aliphatic carbocycles. The summed E-state index contributed by atoms with van der Waals surface area (Å²) in [6.07, 6.45) is 10.5. The maximum absolute atomic E-state index is 10.8. The molecule has 0 aromatic carbocycles. The molecule has 0 N–H and O–H groups in total. The zero-order valence-corrected chi connectivity index (χ0v) is 13.6. The molecule has 0 heterocycles. The third kappa shape index (κ3) is 16.1. The number of carbonyl (C=O) groups excluding carboxylic acids is 1. The van der Waals surface area contributed by atoms with Crippen molar-refractivity contribution in [3.63, 3.8) is 0 Å². The predicted octanol–water partition coefficient (Wildman–Crippen LogP) is 3.49. The van der Waals surface area contributed by atoms with E-state index < -0.39 is 11.1 Å². The molecule has 0 aromatic rings. The van der Waals surface area contributed by atoms with E-state index in [9.17, 15) is 14.9 Å². The molecular weight excluding hydrogens is 262 g/mol. The molecule has 18 heavy (non-hydrogen) atoms. The van der Waals surface area contributed by atoms with E-state index in [1.54, 1.807) is 0 Å². The minimum absolute atomic E-state index is 0. The van der Waals surface area contributed by atoms with E-state index in [4.69, 9.17) is 0 Å². The molecule has 0 aromatic heterocycles. The van der Waals surface area contributed by atoms with E-state index >= 15 is 0 Å². The van der Waals surface area contributed by atoms with Gasteiger partial charge in [0.1, 0.15) is 0 Å². The quantitative estimate of drug-likeness (QED) is 0.252. The third-order valence-electron chi connectivity index (χ3n) is 2.66. The smallest absolute Gasteiger partial charge is 1.00 e. The fourth-order valence-corrected chi connectivity index (χ4v) is 1.71. The van der Waals surface area contributed by atoms with Crippen LogP contribution in [0.15, 0.2) is 0 Å². The molecule has 0 aliphatic rings. The molecule has 0 spiro atoms. The summed E-state index contributed by atoms with van der Waals surface area (Å²) in [6, 6.07) is 0. The maximum Gasteiger partial charge on any atom is 2.00 e. The van der Waals surface area contributed by atoms with Crippen LogP contribution in [0.25, 0.3) is 0 Å². The molecule has 0 atom stereocenters. The average molecular weight is 287 g/mol. The minimum atomic E-state index is -1.05. The van der Waals surface area contributed by atoms with Gasteiger partial charge in [0.15, 0.2) is 0 Å². The Balaban J connectivity index is -0.000000427. The van der Waals surface area contributed by atoms with Crippen LogP contribution in [-0.2, 0) is 9.63 Å². The van der Waals surface area contributed by atoms with Gasteiger partial charge in [-0.05, 0) is 6.42 Å². The van der Waals surface area contributed by atoms with Crippen LogP contribution in [0.2, 0.25) is 0 Å². The van der Waals surface area contributed by atoms with Crippen molar-refractivity contribution in [2.45, 2.75) is 71.1 Å². The van der Waals surface area contributed by atoms with E-state index in [1.807, 2.05) is 0 Å². The van der Waals surface area contributed by atoms with Gasteiger partial charge in [0.2, 0.25) is 0 Å². The van der Waals surface area contributed by atoms with Crippen LogP contribution < -0.4 is 0 Å². The summed E-state index contributed by atoms with van der Waals surface area (Å²) in [5.74, 6) is -0.738. The maximum atomic E-state index is 10.8. The number of rotatable bonds is 11. The van der Waals surface area contributed by atoms with Crippen molar-refractivity contribution < 1.29 is 17.6 Å². The Labute approximate surface area is 142 Å². The van der Waals surface area contributed by atoms with Crippen LogP contribution in [-0.4, -0.2) is 48.8 Å². The van der Waals surface area contributed by atoms with Crippen LogP contribution >= 0.6 is 0 Å². The molecule has 0 bridgehead atoms. The van der Waals surface area contributed by atoms with Gasteiger partial charge in [-0.2, -0.15) is 0 Å². The predicted molar refractivity (Wildman–Crippen MR) is 72.9 cm³/mol. The molecule has 0 unspecified atom stereocenters. The summed E-state index contributed by atoms with van der Waals surface area (Å²) < 4.78 is 0. The standard InChI is InChI=1S/C12H23NO4.Ca.2H/c1-2-3-4-5-6-7-8-9-10-11-12(14)17-13(15)16;;;/h2-11H2,1H3;;;/q;+2;2*-1. The van der Waals surface area contributed by atoms with Crippen molar-refractivity contribution in [3.05, 3.63) is 10.1 Å². The number of hydrogen-bond acceptors (Lipinski definition) is 4. The Morgan fingerprint density at radius 3 is 1.94 bits per heavy atom. The van der Waals surface area contributed by atoms with Gasteiger partial charge in [-0.15, -0.1) is 10.1 Å². The summed E-state index contributed by atoms with van der Waals surface area (Å²) >= 11 is 0. The Bertz CT molecular complexity index is 234. The Morgan fingerprint density at radius 1 is 1.06 bits per heavy atom. The van der Waals surface area contributed by atoms with Crippen molar-refractivity contribution in [2.75, 3.05) is 0 Å². The first-order valence-corrected chi connectivity index (χ1v) is 6.52. The Morgan fingerprint density at radius 2 is 1.50 bits per heavy atom. The second-order valence-corrected chi connectivity index (χ2v) is 4.27. The van der Waals surface area contributed by atoms with E-state index in [0.717, 1.165) is 12.8 Å². The van der Waals surface area contributed by atoms with Crippen LogP contribution in [0.4, 0.5) is 0 Å². The molecule has 6 heteroatoms. The first-order chi connectivity index (χ1) is 8.16. The first-order valence-electron chi connectivity index (χ1n) is 6.52. The molecule has 0 saturated heterocycles. The van der Waals surface area contributed by atoms with Crippen molar-refractivity contribution in [2.24, 2.45) is 0 Å².